The van der Waals surface area contributed by atoms with Crippen LogP contribution in [0.5, 0.6) is 5.75 Å². The Hall–Kier alpha value is -0.760. The lowest BCUT2D eigenvalue weighted by Crippen LogP contribution is -2.44. The standard InChI is InChI=1S/C14H22N2O3S2/c1-12-11-20-10-8-16(12)21(17,18)14-5-3-13(4-6-14)19-9-7-15-2/h3-6,12,15H,7-11H2,1-2H3. The van der Waals surface area contributed by atoms with E-state index in [2.05, 4.69) is 5.32 Å². The van der Waals surface area contributed by atoms with Gasteiger partial charge in [-0.25, -0.2) is 8.42 Å². The van der Waals surface area contributed by atoms with E-state index in [0.717, 1.165) is 18.1 Å². The minimum Gasteiger partial charge on any atom is -0.492 e. The van der Waals surface area contributed by atoms with Crippen LogP contribution in [0.25, 0.3) is 0 Å². The molecule has 1 aliphatic rings. The van der Waals surface area contributed by atoms with E-state index in [0.29, 0.717) is 23.8 Å². The van der Waals surface area contributed by atoms with Gasteiger partial charge in [0.2, 0.25) is 10.0 Å². The molecule has 0 amide bonds. The molecule has 1 N–H and O–H groups in total. The zero-order chi connectivity index (χ0) is 15.3. The zero-order valence-electron chi connectivity index (χ0n) is 12.4. The number of thioether (sulfide) groups is 1. The van der Waals surface area contributed by atoms with Gasteiger partial charge in [-0.2, -0.15) is 16.1 Å². The molecule has 1 heterocycles. The molecule has 1 aliphatic heterocycles. The average molecular weight is 330 g/mol. The topological polar surface area (TPSA) is 58.6 Å². The maximum Gasteiger partial charge on any atom is 0.243 e. The molecule has 0 aliphatic carbocycles. The summed E-state index contributed by atoms with van der Waals surface area (Å²) in [7, 11) is -1.54. The molecule has 2 rings (SSSR count). The molecule has 7 heteroatoms. The smallest absolute Gasteiger partial charge is 0.243 e. The molecule has 1 aromatic rings. The number of ether oxygens (including phenoxy) is 1. The number of benzene rings is 1. The highest BCUT2D eigenvalue weighted by Crippen LogP contribution is 2.25. The van der Waals surface area contributed by atoms with Crippen molar-refractivity contribution in [2.24, 2.45) is 0 Å². The largest absolute Gasteiger partial charge is 0.492 e. The highest BCUT2D eigenvalue weighted by molar-refractivity contribution is 7.99. The van der Waals surface area contributed by atoms with Crippen LogP contribution in [-0.2, 0) is 10.0 Å². The number of hydrogen-bond donors (Lipinski definition) is 1. The van der Waals surface area contributed by atoms with E-state index in [-0.39, 0.29) is 6.04 Å². The van der Waals surface area contributed by atoms with Crippen molar-refractivity contribution in [3.8, 4) is 5.75 Å². The third-order valence-electron chi connectivity index (χ3n) is 3.36. The SMILES string of the molecule is CNCCOc1ccc(S(=O)(=O)N2CCSCC2C)cc1. The minimum atomic E-state index is -3.40. The normalized spacial score (nSPS) is 20.4. The van der Waals surface area contributed by atoms with Crippen molar-refractivity contribution in [2.75, 3.05) is 38.2 Å². The predicted octanol–water partition coefficient (Wildman–Crippen LogP) is 1.41. The van der Waals surface area contributed by atoms with Gasteiger partial charge in [0.15, 0.2) is 0 Å². The molecule has 1 atom stereocenters. The zero-order valence-corrected chi connectivity index (χ0v) is 14.0. The molecule has 1 fully saturated rings. The van der Waals surface area contributed by atoms with E-state index < -0.39 is 10.0 Å². The van der Waals surface area contributed by atoms with E-state index >= 15 is 0 Å². The molecule has 0 saturated carbocycles. The summed E-state index contributed by atoms with van der Waals surface area (Å²) in [6.45, 7) is 3.85. The molecule has 5 nitrogen and oxygen atoms in total. The summed E-state index contributed by atoms with van der Waals surface area (Å²) in [4.78, 5) is 0.335. The Morgan fingerprint density at radius 1 is 1.38 bits per heavy atom. The fourth-order valence-corrected chi connectivity index (χ4v) is 5.04. The van der Waals surface area contributed by atoms with Crippen LogP contribution in [0.1, 0.15) is 6.92 Å². The van der Waals surface area contributed by atoms with Gasteiger partial charge in [-0.1, -0.05) is 0 Å². The van der Waals surface area contributed by atoms with Crippen LogP contribution in [0.15, 0.2) is 29.2 Å². The van der Waals surface area contributed by atoms with Gasteiger partial charge in [-0.15, -0.1) is 0 Å². The second-order valence-corrected chi connectivity index (χ2v) is 8.00. The van der Waals surface area contributed by atoms with Crippen molar-refractivity contribution in [1.82, 2.24) is 9.62 Å². The molecule has 118 valence electrons. The first-order chi connectivity index (χ1) is 10.1. The molecule has 0 radical (unpaired) electrons. The van der Waals surface area contributed by atoms with Crippen molar-refractivity contribution < 1.29 is 13.2 Å². The van der Waals surface area contributed by atoms with Crippen LogP contribution in [-0.4, -0.2) is 57.0 Å². The molecule has 1 aromatic carbocycles. The summed E-state index contributed by atoms with van der Waals surface area (Å²) >= 11 is 1.80. The van der Waals surface area contributed by atoms with E-state index in [1.165, 1.54) is 0 Å². The second kappa shape index (κ2) is 7.49. The van der Waals surface area contributed by atoms with Crippen LogP contribution in [0.2, 0.25) is 0 Å². The van der Waals surface area contributed by atoms with Gasteiger partial charge in [0, 0.05) is 30.6 Å². The quantitative estimate of drug-likeness (QED) is 0.799. The van der Waals surface area contributed by atoms with Crippen molar-refractivity contribution >= 4 is 21.8 Å². The van der Waals surface area contributed by atoms with Gasteiger partial charge in [-0.05, 0) is 38.2 Å². The summed E-state index contributed by atoms with van der Waals surface area (Å²) < 4.78 is 32.4. The minimum absolute atomic E-state index is 0.0419. The van der Waals surface area contributed by atoms with Crippen molar-refractivity contribution in [2.45, 2.75) is 17.9 Å². The van der Waals surface area contributed by atoms with Gasteiger partial charge >= 0.3 is 0 Å². The Bertz CT molecular complexity index is 546. The maximum atomic E-state index is 12.6. The monoisotopic (exact) mass is 330 g/mol. The summed E-state index contributed by atoms with van der Waals surface area (Å²) in [5.74, 6) is 2.39. The fraction of sp³-hybridized carbons (Fsp3) is 0.571. The van der Waals surface area contributed by atoms with Crippen molar-refractivity contribution in [1.29, 1.82) is 0 Å². The van der Waals surface area contributed by atoms with Crippen molar-refractivity contribution in [3.05, 3.63) is 24.3 Å². The van der Waals surface area contributed by atoms with Crippen LogP contribution in [0, 0.1) is 0 Å². The second-order valence-electron chi connectivity index (χ2n) is 4.96. The molecule has 1 unspecified atom stereocenters. The molecule has 0 spiro atoms. The lowest BCUT2D eigenvalue weighted by Gasteiger charge is -2.31. The number of sulfonamides is 1. The Morgan fingerprint density at radius 2 is 2.10 bits per heavy atom. The van der Waals surface area contributed by atoms with Crippen molar-refractivity contribution in [3.63, 3.8) is 0 Å². The Balaban J connectivity index is 2.09. The van der Waals surface area contributed by atoms with E-state index in [1.54, 1.807) is 40.3 Å². The van der Waals surface area contributed by atoms with Crippen LogP contribution < -0.4 is 10.1 Å². The van der Waals surface area contributed by atoms with E-state index in [4.69, 9.17) is 4.74 Å². The molecule has 0 bridgehead atoms. The Labute approximate surface area is 131 Å². The summed E-state index contributed by atoms with van der Waals surface area (Å²) in [5, 5.41) is 2.99. The highest BCUT2D eigenvalue weighted by atomic mass is 32.2. The number of nitrogens with zero attached hydrogens (tertiary/aromatic N) is 1. The molecule has 1 saturated heterocycles. The summed E-state index contributed by atoms with van der Waals surface area (Å²) in [6.07, 6.45) is 0. The molecule has 21 heavy (non-hydrogen) atoms. The first kappa shape index (κ1) is 16.6. The summed E-state index contributed by atoms with van der Waals surface area (Å²) in [5.41, 5.74) is 0. The Morgan fingerprint density at radius 3 is 2.71 bits per heavy atom. The summed E-state index contributed by atoms with van der Waals surface area (Å²) in [6, 6.07) is 6.72. The lowest BCUT2D eigenvalue weighted by molar-refractivity contribution is 0.318. The van der Waals surface area contributed by atoms with Crippen LogP contribution in [0.4, 0.5) is 0 Å². The van der Waals surface area contributed by atoms with Gasteiger partial charge in [0.25, 0.3) is 0 Å². The number of rotatable bonds is 6. The van der Waals surface area contributed by atoms with Gasteiger partial charge in [-0.3, -0.25) is 0 Å². The van der Waals surface area contributed by atoms with Gasteiger partial charge < -0.3 is 10.1 Å². The van der Waals surface area contributed by atoms with Crippen LogP contribution in [0.3, 0.4) is 0 Å². The highest BCUT2D eigenvalue weighted by Gasteiger charge is 2.31. The lowest BCUT2D eigenvalue weighted by atomic mass is 10.3. The average Bonchev–Trinajstić information content (AvgIpc) is 2.48. The van der Waals surface area contributed by atoms with Gasteiger partial charge in [0.1, 0.15) is 12.4 Å². The third kappa shape index (κ3) is 4.12. The van der Waals surface area contributed by atoms with E-state index in [1.807, 2.05) is 14.0 Å². The third-order valence-corrected chi connectivity index (χ3v) is 6.57. The Kier molecular flexibility index (Phi) is 5.92. The maximum absolute atomic E-state index is 12.6. The molecular formula is C14H22N2O3S2. The van der Waals surface area contributed by atoms with Crippen LogP contribution >= 0.6 is 11.8 Å². The predicted molar refractivity (Wildman–Crippen MR) is 86.5 cm³/mol. The van der Waals surface area contributed by atoms with E-state index in [9.17, 15) is 8.42 Å². The first-order valence-electron chi connectivity index (χ1n) is 7.03. The molecular weight excluding hydrogens is 308 g/mol. The number of hydrogen-bond acceptors (Lipinski definition) is 5. The van der Waals surface area contributed by atoms with Gasteiger partial charge in [0.05, 0.1) is 4.90 Å². The number of likely N-dealkylation sites (N-methyl/N-ethyl adjacent to an activating group) is 1. The number of nitrogens with one attached hydrogen (secondary N) is 1. The fourth-order valence-electron chi connectivity index (χ4n) is 2.18. The first-order valence-corrected chi connectivity index (χ1v) is 9.62. The molecule has 0 aromatic heterocycles.